The second-order valence-corrected chi connectivity index (χ2v) is 3.77. The Morgan fingerprint density at radius 2 is 2.28 bits per heavy atom. The first-order valence-electron chi connectivity index (χ1n) is 5.81. The van der Waals surface area contributed by atoms with Crippen LogP contribution < -0.4 is 0 Å². The summed E-state index contributed by atoms with van der Waals surface area (Å²) in [5, 5.41) is 4.04. The summed E-state index contributed by atoms with van der Waals surface area (Å²) < 4.78 is 12.1. The fraction of sp³-hybridized carbons (Fsp3) is 0.417. The molecule has 2 heterocycles. The number of carbonyl (C=O) groups is 1. The van der Waals surface area contributed by atoms with Gasteiger partial charge in [-0.15, -0.1) is 0 Å². The number of hydrogen-bond donors (Lipinski definition) is 0. The van der Waals surface area contributed by atoms with Crippen molar-refractivity contribution in [1.82, 2.24) is 14.8 Å². The summed E-state index contributed by atoms with van der Waals surface area (Å²) >= 11 is 0. The van der Waals surface area contributed by atoms with Crippen molar-refractivity contribution in [3.05, 3.63) is 23.8 Å². The lowest BCUT2D eigenvalue weighted by Gasteiger charge is -1.98. The number of oxazole rings is 1. The van der Waals surface area contributed by atoms with E-state index in [9.17, 15) is 4.79 Å². The number of ether oxygens (including phenoxy) is 1. The monoisotopic (exact) mass is 249 g/mol. The molecule has 2 aromatic rings. The van der Waals surface area contributed by atoms with Crippen molar-refractivity contribution in [3.63, 3.8) is 0 Å². The van der Waals surface area contributed by atoms with Gasteiger partial charge in [-0.1, -0.05) is 6.92 Å². The van der Waals surface area contributed by atoms with Crippen LogP contribution in [0, 0.1) is 0 Å². The van der Waals surface area contributed by atoms with Crippen LogP contribution in [0.1, 0.15) is 30.1 Å². The molecule has 0 aliphatic carbocycles. The molecule has 6 heteroatoms. The van der Waals surface area contributed by atoms with Crippen molar-refractivity contribution in [1.29, 1.82) is 0 Å². The third-order valence-corrected chi connectivity index (χ3v) is 2.44. The minimum atomic E-state index is -0.475. The SMILES string of the molecule is CCOC(=O)c1oc(-c2cnn(C)c2)nc1CC. The van der Waals surface area contributed by atoms with Crippen molar-refractivity contribution in [3.8, 4) is 11.5 Å². The predicted molar refractivity (Wildman–Crippen MR) is 64.0 cm³/mol. The van der Waals surface area contributed by atoms with Gasteiger partial charge in [-0.25, -0.2) is 9.78 Å². The maximum Gasteiger partial charge on any atom is 0.376 e. The zero-order valence-electron chi connectivity index (χ0n) is 10.6. The van der Waals surface area contributed by atoms with Gasteiger partial charge in [0.2, 0.25) is 11.7 Å². The third-order valence-electron chi connectivity index (χ3n) is 2.44. The Balaban J connectivity index is 2.37. The van der Waals surface area contributed by atoms with Crippen LogP contribution in [-0.4, -0.2) is 27.3 Å². The average Bonchev–Trinajstić information content (AvgIpc) is 2.94. The molecule has 6 nitrogen and oxygen atoms in total. The fourth-order valence-electron chi connectivity index (χ4n) is 1.60. The highest BCUT2D eigenvalue weighted by Gasteiger charge is 2.21. The maximum atomic E-state index is 11.7. The average molecular weight is 249 g/mol. The Kier molecular flexibility index (Phi) is 3.45. The summed E-state index contributed by atoms with van der Waals surface area (Å²) in [6.45, 7) is 3.97. The van der Waals surface area contributed by atoms with Gasteiger partial charge < -0.3 is 9.15 Å². The van der Waals surface area contributed by atoms with E-state index in [1.807, 2.05) is 6.92 Å². The van der Waals surface area contributed by atoms with Gasteiger partial charge in [0, 0.05) is 13.2 Å². The van der Waals surface area contributed by atoms with Gasteiger partial charge in [-0.2, -0.15) is 5.10 Å². The number of hydrogen-bond acceptors (Lipinski definition) is 5. The van der Waals surface area contributed by atoms with E-state index in [-0.39, 0.29) is 5.76 Å². The minimum absolute atomic E-state index is 0.179. The van der Waals surface area contributed by atoms with Gasteiger partial charge in [-0.3, -0.25) is 4.68 Å². The topological polar surface area (TPSA) is 70.2 Å². The summed E-state index contributed by atoms with van der Waals surface area (Å²) in [5.41, 5.74) is 1.34. The van der Waals surface area contributed by atoms with Crippen LogP contribution in [0.4, 0.5) is 0 Å². The van der Waals surface area contributed by atoms with Crippen molar-refractivity contribution in [2.45, 2.75) is 20.3 Å². The number of rotatable bonds is 4. The summed E-state index contributed by atoms with van der Waals surface area (Å²) in [7, 11) is 1.80. The van der Waals surface area contributed by atoms with Crippen molar-refractivity contribution < 1.29 is 13.9 Å². The van der Waals surface area contributed by atoms with E-state index < -0.39 is 5.97 Å². The second-order valence-electron chi connectivity index (χ2n) is 3.77. The van der Waals surface area contributed by atoms with Crippen LogP contribution in [0.25, 0.3) is 11.5 Å². The quantitative estimate of drug-likeness (QED) is 0.773. The van der Waals surface area contributed by atoms with Gasteiger partial charge in [0.1, 0.15) is 0 Å². The number of nitrogens with zero attached hydrogens (tertiary/aromatic N) is 3. The Morgan fingerprint density at radius 3 is 2.83 bits per heavy atom. The van der Waals surface area contributed by atoms with Crippen LogP contribution >= 0.6 is 0 Å². The Morgan fingerprint density at radius 1 is 1.50 bits per heavy atom. The van der Waals surface area contributed by atoms with E-state index >= 15 is 0 Å². The van der Waals surface area contributed by atoms with Crippen molar-refractivity contribution in [2.24, 2.45) is 7.05 Å². The molecule has 0 unspecified atom stereocenters. The van der Waals surface area contributed by atoms with Crippen molar-refractivity contribution in [2.75, 3.05) is 6.61 Å². The molecule has 0 aliphatic heterocycles. The van der Waals surface area contributed by atoms with Gasteiger partial charge in [0.05, 0.1) is 24.1 Å². The first-order chi connectivity index (χ1) is 8.65. The van der Waals surface area contributed by atoms with Crippen LogP contribution in [0.3, 0.4) is 0 Å². The minimum Gasteiger partial charge on any atom is -0.460 e. The smallest absolute Gasteiger partial charge is 0.376 e. The highest BCUT2D eigenvalue weighted by molar-refractivity contribution is 5.88. The molecule has 0 N–H and O–H groups in total. The molecule has 0 spiro atoms. The summed E-state index contributed by atoms with van der Waals surface area (Å²) in [4.78, 5) is 16.0. The third kappa shape index (κ3) is 2.27. The molecular weight excluding hydrogens is 234 g/mol. The Bertz CT molecular complexity index is 557. The molecule has 0 aliphatic rings. The van der Waals surface area contributed by atoms with Crippen LogP contribution in [0.15, 0.2) is 16.8 Å². The zero-order chi connectivity index (χ0) is 13.1. The fourth-order valence-corrected chi connectivity index (χ4v) is 1.60. The normalized spacial score (nSPS) is 10.6. The molecule has 0 atom stereocenters. The van der Waals surface area contributed by atoms with Crippen LogP contribution in [0.5, 0.6) is 0 Å². The molecule has 18 heavy (non-hydrogen) atoms. The van der Waals surface area contributed by atoms with E-state index in [0.717, 1.165) is 5.56 Å². The van der Waals surface area contributed by atoms with Crippen molar-refractivity contribution >= 4 is 5.97 Å². The number of aromatic nitrogens is 3. The lowest BCUT2D eigenvalue weighted by Crippen LogP contribution is -2.05. The Labute approximate surface area is 105 Å². The number of esters is 1. The molecule has 2 aromatic heterocycles. The molecule has 0 saturated carbocycles. The van der Waals surface area contributed by atoms with E-state index in [0.29, 0.717) is 24.6 Å². The lowest BCUT2D eigenvalue weighted by molar-refractivity contribution is 0.0489. The predicted octanol–water partition coefficient (Wildman–Crippen LogP) is 1.81. The number of aryl methyl sites for hydroxylation is 2. The molecule has 2 rings (SSSR count). The van der Waals surface area contributed by atoms with Gasteiger partial charge in [-0.05, 0) is 13.3 Å². The van der Waals surface area contributed by atoms with Crippen LogP contribution in [-0.2, 0) is 18.2 Å². The molecule has 0 saturated heterocycles. The molecule has 96 valence electrons. The molecule has 0 fully saturated rings. The zero-order valence-corrected chi connectivity index (χ0v) is 10.6. The van der Waals surface area contributed by atoms with E-state index in [2.05, 4.69) is 10.1 Å². The first-order valence-corrected chi connectivity index (χ1v) is 5.81. The van der Waals surface area contributed by atoms with E-state index in [1.165, 1.54) is 0 Å². The highest BCUT2D eigenvalue weighted by Crippen LogP contribution is 2.22. The van der Waals surface area contributed by atoms with Gasteiger partial charge in [0.25, 0.3) is 0 Å². The van der Waals surface area contributed by atoms with Crippen LogP contribution in [0.2, 0.25) is 0 Å². The lowest BCUT2D eigenvalue weighted by atomic mass is 10.3. The molecular formula is C12H15N3O3. The molecule has 0 amide bonds. The molecule has 0 bridgehead atoms. The van der Waals surface area contributed by atoms with E-state index in [4.69, 9.17) is 9.15 Å². The Hall–Kier alpha value is -2.11. The van der Waals surface area contributed by atoms with E-state index in [1.54, 1.807) is 31.0 Å². The maximum absolute atomic E-state index is 11.7. The standard InChI is InChI=1S/C12H15N3O3/c1-4-9-10(12(16)17-5-2)18-11(14-9)8-6-13-15(3)7-8/h6-7H,4-5H2,1-3H3. The number of carbonyl (C=O) groups excluding carboxylic acids is 1. The molecule has 0 aromatic carbocycles. The second kappa shape index (κ2) is 5.03. The molecule has 0 radical (unpaired) electrons. The largest absolute Gasteiger partial charge is 0.460 e. The highest BCUT2D eigenvalue weighted by atomic mass is 16.5. The van der Waals surface area contributed by atoms with Gasteiger partial charge in [0.15, 0.2) is 0 Å². The summed E-state index contributed by atoms with van der Waals surface area (Å²) in [6.07, 6.45) is 4.03. The van der Waals surface area contributed by atoms with Gasteiger partial charge >= 0.3 is 5.97 Å². The summed E-state index contributed by atoms with van der Waals surface area (Å²) in [6, 6.07) is 0. The summed E-state index contributed by atoms with van der Waals surface area (Å²) in [5.74, 6) is 0.0956. The first kappa shape index (κ1) is 12.3.